The summed E-state index contributed by atoms with van der Waals surface area (Å²) >= 11 is 11.5. The quantitative estimate of drug-likeness (QED) is 0.812. The van der Waals surface area contributed by atoms with Crippen molar-refractivity contribution in [2.75, 3.05) is 5.88 Å². The zero-order valence-corrected chi connectivity index (χ0v) is 9.98. The van der Waals surface area contributed by atoms with Crippen LogP contribution in [0.4, 0.5) is 0 Å². The molecule has 0 aromatic heterocycles. The lowest BCUT2D eigenvalue weighted by Crippen LogP contribution is -2.35. The van der Waals surface area contributed by atoms with Crippen molar-refractivity contribution in [1.82, 2.24) is 5.32 Å². The molecule has 0 heterocycles. The van der Waals surface area contributed by atoms with E-state index < -0.39 is 0 Å². The monoisotopic (exact) mass is 245 g/mol. The van der Waals surface area contributed by atoms with E-state index in [9.17, 15) is 4.79 Å². The highest BCUT2D eigenvalue weighted by Crippen LogP contribution is 2.10. The molecule has 0 aliphatic heterocycles. The summed E-state index contributed by atoms with van der Waals surface area (Å²) in [5.41, 5.74) is 0.561. The van der Waals surface area contributed by atoms with E-state index >= 15 is 0 Å². The predicted octanol–water partition coefficient (Wildman–Crippen LogP) is 3.09. The largest absolute Gasteiger partial charge is 0.348 e. The number of nitrogens with one attached hydrogen (secondary N) is 1. The standard InChI is InChI=1S/C11H13Cl2NO/c1-2-10(7-12)14-11(15)8-4-3-5-9(13)6-8/h3-6,10H,2,7H2,1H3,(H,14,15). The van der Waals surface area contributed by atoms with Gasteiger partial charge in [-0.2, -0.15) is 0 Å². The highest BCUT2D eigenvalue weighted by atomic mass is 35.5. The number of rotatable bonds is 4. The van der Waals surface area contributed by atoms with Crippen molar-refractivity contribution in [3.63, 3.8) is 0 Å². The van der Waals surface area contributed by atoms with Crippen LogP contribution < -0.4 is 5.32 Å². The maximum absolute atomic E-state index is 11.7. The Morgan fingerprint density at radius 1 is 1.53 bits per heavy atom. The second-order valence-electron chi connectivity index (χ2n) is 3.24. The van der Waals surface area contributed by atoms with Gasteiger partial charge in [-0.25, -0.2) is 0 Å². The van der Waals surface area contributed by atoms with Crippen molar-refractivity contribution in [3.05, 3.63) is 34.9 Å². The van der Waals surface area contributed by atoms with E-state index in [-0.39, 0.29) is 11.9 Å². The molecule has 4 heteroatoms. The number of alkyl halides is 1. The lowest BCUT2D eigenvalue weighted by Gasteiger charge is -2.13. The van der Waals surface area contributed by atoms with E-state index in [1.54, 1.807) is 24.3 Å². The Labute approximate surface area is 99.6 Å². The fourth-order valence-corrected chi connectivity index (χ4v) is 1.63. The van der Waals surface area contributed by atoms with E-state index in [0.29, 0.717) is 16.5 Å². The van der Waals surface area contributed by atoms with Gasteiger partial charge >= 0.3 is 0 Å². The maximum Gasteiger partial charge on any atom is 0.251 e. The first kappa shape index (κ1) is 12.3. The first-order valence-electron chi connectivity index (χ1n) is 4.79. The van der Waals surface area contributed by atoms with Crippen LogP contribution in [0.3, 0.4) is 0 Å². The molecule has 15 heavy (non-hydrogen) atoms. The summed E-state index contributed by atoms with van der Waals surface area (Å²) in [6, 6.07) is 6.86. The van der Waals surface area contributed by atoms with Gasteiger partial charge in [0.15, 0.2) is 0 Å². The Bertz CT molecular complexity index is 337. The highest BCUT2D eigenvalue weighted by molar-refractivity contribution is 6.31. The minimum atomic E-state index is -0.134. The summed E-state index contributed by atoms with van der Waals surface area (Å²) in [4.78, 5) is 11.7. The minimum Gasteiger partial charge on any atom is -0.348 e. The fourth-order valence-electron chi connectivity index (χ4n) is 1.15. The molecule has 0 aliphatic carbocycles. The zero-order valence-electron chi connectivity index (χ0n) is 8.47. The number of halogens is 2. The van der Waals surface area contributed by atoms with Gasteiger partial charge in [0.1, 0.15) is 0 Å². The second kappa shape index (κ2) is 5.99. The first-order valence-corrected chi connectivity index (χ1v) is 5.71. The number of hydrogen-bond donors (Lipinski definition) is 1. The van der Waals surface area contributed by atoms with Crippen molar-refractivity contribution in [3.8, 4) is 0 Å². The second-order valence-corrected chi connectivity index (χ2v) is 3.99. The Morgan fingerprint density at radius 3 is 2.80 bits per heavy atom. The Hall–Kier alpha value is -0.730. The number of carbonyl (C=O) groups excluding carboxylic acids is 1. The summed E-state index contributed by atoms with van der Waals surface area (Å²) in [5, 5.41) is 3.39. The molecule has 0 spiro atoms. The summed E-state index contributed by atoms with van der Waals surface area (Å²) in [6.45, 7) is 1.98. The van der Waals surface area contributed by atoms with Crippen LogP contribution in [-0.4, -0.2) is 17.8 Å². The van der Waals surface area contributed by atoms with Gasteiger partial charge in [-0.3, -0.25) is 4.79 Å². The van der Waals surface area contributed by atoms with Crippen molar-refractivity contribution < 1.29 is 4.79 Å². The summed E-state index contributed by atoms with van der Waals surface area (Å²) in [5.74, 6) is 0.285. The van der Waals surface area contributed by atoms with Crippen molar-refractivity contribution >= 4 is 29.1 Å². The number of carbonyl (C=O) groups is 1. The molecular weight excluding hydrogens is 233 g/mol. The van der Waals surface area contributed by atoms with Gasteiger partial charge in [0.25, 0.3) is 5.91 Å². The molecule has 0 fully saturated rings. The number of benzene rings is 1. The third-order valence-corrected chi connectivity index (χ3v) is 2.71. The van der Waals surface area contributed by atoms with Gasteiger partial charge in [-0.15, -0.1) is 11.6 Å². The fraction of sp³-hybridized carbons (Fsp3) is 0.364. The van der Waals surface area contributed by atoms with Crippen molar-refractivity contribution in [2.24, 2.45) is 0 Å². The Morgan fingerprint density at radius 2 is 2.27 bits per heavy atom. The lowest BCUT2D eigenvalue weighted by molar-refractivity contribution is 0.0940. The maximum atomic E-state index is 11.7. The highest BCUT2D eigenvalue weighted by Gasteiger charge is 2.10. The van der Waals surface area contributed by atoms with Gasteiger partial charge in [-0.1, -0.05) is 24.6 Å². The van der Waals surface area contributed by atoms with Crippen LogP contribution in [-0.2, 0) is 0 Å². The van der Waals surface area contributed by atoms with Crippen LogP contribution >= 0.6 is 23.2 Å². The smallest absolute Gasteiger partial charge is 0.251 e. The van der Waals surface area contributed by atoms with Crippen molar-refractivity contribution in [2.45, 2.75) is 19.4 Å². The van der Waals surface area contributed by atoms with E-state index in [1.165, 1.54) is 0 Å². The van der Waals surface area contributed by atoms with Crippen LogP contribution in [0.2, 0.25) is 5.02 Å². The molecule has 1 aromatic rings. The van der Waals surface area contributed by atoms with Gasteiger partial charge < -0.3 is 5.32 Å². The van der Waals surface area contributed by atoms with Crippen molar-refractivity contribution in [1.29, 1.82) is 0 Å². The topological polar surface area (TPSA) is 29.1 Å². The van der Waals surface area contributed by atoms with Crippen LogP contribution in [0, 0.1) is 0 Å². The molecule has 1 unspecified atom stereocenters. The molecule has 1 aromatic carbocycles. The molecule has 1 rings (SSSR count). The van der Waals surface area contributed by atoms with E-state index in [0.717, 1.165) is 6.42 Å². The average molecular weight is 246 g/mol. The number of amides is 1. The first-order chi connectivity index (χ1) is 7.17. The summed E-state index contributed by atoms with van der Waals surface area (Å²) in [7, 11) is 0. The molecule has 0 radical (unpaired) electrons. The average Bonchev–Trinajstić information content (AvgIpc) is 2.25. The third-order valence-electron chi connectivity index (χ3n) is 2.10. The molecule has 0 saturated heterocycles. The van der Waals surface area contributed by atoms with Crippen LogP contribution in [0.5, 0.6) is 0 Å². The Kier molecular flexibility index (Phi) is 4.92. The van der Waals surface area contributed by atoms with Gasteiger partial charge in [0.2, 0.25) is 0 Å². The zero-order chi connectivity index (χ0) is 11.3. The minimum absolute atomic E-state index is 0.0122. The summed E-state index contributed by atoms with van der Waals surface area (Å²) in [6.07, 6.45) is 0.815. The van der Waals surface area contributed by atoms with Crippen LogP contribution in [0.25, 0.3) is 0 Å². The van der Waals surface area contributed by atoms with E-state index in [2.05, 4.69) is 5.32 Å². The summed E-state index contributed by atoms with van der Waals surface area (Å²) < 4.78 is 0. The molecule has 0 bridgehead atoms. The molecule has 0 aliphatic rings. The third kappa shape index (κ3) is 3.73. The molecular formula is C11H13Cl2NO. The molecule has 0 saturated carbocycles. The van der Waals surface area contributed by atoms with Gasteiger partial charge in [0.05, 0.1) is 0 Å². The lowest BCUT2D eigenvalue weighted by atomic mass is 10.2. The molecule has 1 N–H and O–H groups in total. The van der Waals surface area contributed by atoms with Gasteiger partial charge in [0, 0.05) is 22.5 Å². The Balaban J connectivity index is 2.68. The SMILES string of the molecule is CCC(CCl)NC(=O)c1cccc(Cl)c1. The molecule has 1 atom stereocenters. The van der Waals surface area contributed by atoms with E-state index in [1.807, 2.05) is 6.92 Å². The molecule has 1 amide bonds. The van der Waals surface area contributed by atoms with Gasteiger partial charge in [-0.05, 0) is 24.6 Å². The predicted molar refractivity (Wildman–Crippen MR) is 63.7 cm³/mol. The van der Waals surface area contributed by atoms with Crippen LogP contribution in [0.1, 0.15) is 23.7 Å². The molecule has 2 nitrogen and oxygen atoms in total. The molecule has 82 valence electrons. The van der Waals surface area contributed by atoms with Crippen LogP contribution in [0.15, 0.2) is 24.3 Å². The number of hydrogen-bond acceptors (Lipinski definition) is 1. The normalized spacial score (nSPS) is 12.2. The van der Waals surface area contributed by atoms with E-state index in [4.69, 9.17) is 23.2 Å².